The molecule has 1 atom stereocenters. The largest absolute Gasteiger partial charge is 0.480 e. The molecule has 0 heterocycles. The molecule has 1 aromatic rings. The number of hydrogen-bond acceptors (Lipinski definition) is 6. The fourth-order valence-corrected chi connectivity index (χ4v) is 3.76. The van der Waals surface area contributed by atoms with Crippen molar-refractivity contribution >= 4 is 27.9 Å². The molecule has 1 rings (SSSR count). The number of hydrogen-bond donors (Lipinski definition) is 2. The van der Waals surface area contributed by atoms with Gasteiger partial charge in [-0.2, -0.15) is 4.31 Å². The number of esters is 1. The van der Waals surface area contributed by atoms with Gasteiger partial charge in [-0.15, -0.1) is 0 Å². The van der Waals surface area contributed by atoms with Crippen molar-refractivity contribution in [1.82, 2.24) is 9.62 Å². The summed E-state index contributed by atoms with van der Waals surface area (Å²) < 4.78 is 31.4. The summed E-state index contributed by atoms with van der Waals surface area (Å²) in [5.74, 6) is -2.38. The molecule has 0 bridgehead atoms. The van der Waals surface area contributed by atoms with Crippen LogP contribution >= 0.6 is 0 Å². The van der Waals surface area contributed by atoms with Crippen molar-refractivity contribution in [2.45, 2.75) is 31.7 Å². The zero-order valence-electron chi connectivity index (χ0n) is 14.8. The number of amides is 1. The Morgan fingerprint density at radius 1 is 1.31 bits per heavy atom. The van der Waals surface area contributed by atoms with Gasteiger partial charge >= 0.3 is 11.9 Å². The van der Waals surface area contributed by atoms with Crippen LogP contribution in [-0.4, -0.2) is 61.4 Å². The Bertz CT molecular complexity index is 777. The summed E-state index contributed by atoms with van der Waals surface area (Å²) in [6.45, 7) is 3.96. The van der Waals surface area contributed by atoms with Gasteiger partial charge in [-0.25, -0.2) is 13.2 Å². The van der Waals surface area contributed by atoms with Gasteiger partial charge in [0.15, 0.2) is 0 Å². The highest BCUT2D eigenvalue weighted by Crippen LogP contribution is 2.20. The second kappa shape index (κ2) is 9.30. The van der Waals surface area contributed by atoms with Crippen molar-refractivity contribution in [2.75, 3.05) is 19.7 Å². The molecule has 1 unspecified atom stereocenters. The van der Waals surface area contributed by atoms with Crippen LogP contribution in [0.4, 0.5) is 0 Å². The molecule has 0 spiro atoms. The van der Waals surface area contributed by atoms with Crippen molar-refractivity contribution in [1.29, 1.82) is 0 Å². The Morgan fingerprint density at radius 2 is 1.96 bits per heavy atom. The fourth-order valence-electron chi connectivity index (χ4n) is 2.12. The summed E-state index contributed by atoms with van der Waals surface area (Å²) in [7, 11) is -4.22. The second-order valence-electron chi connectivity index (χ2n) is 5.36. The highest BCUT2D eigenvalue weighted by atomic mass is 32.2. The molecular weight excluding hydrogens is 364 g/mol. The van der Waals surface area contributed by atoms with Gasteiger partial charge in [-0.05, 0) is 32.0 Å². The third-order valence-corrected chi connectivity index (χ3v) is 5.41. The average Bonchev–Trinajstić information content (AvgIpc) is 2.58. The molecule has 2 N–H and O–H groups in total. The summed E-state index contributed by atoms with van der Waals surface area (Å²) in [6.07, 6.45) is 0. The van der Waals surface area contributed by atoms with Gasteiger partial charge in [0.1, 0.15) is 6.04 Å². The minimum absolute atomic E-state index is 0.0396. The number of carbonyl (C=O) groups excluding carboxylic acids is 2. The Balaban J connectivity index is 3.22. The molecule has 1 amide bonds. The zero-order valence-corrected chi connectivity index (χ0v) is 15.6. The number of carboxylic acid groups (broad SMARTS) is 1. The third-order valence-electron chi connectivity index (χ3n) is 3.45. The summed E-state index contributed by atoms with van der Waals surface area (Å²) in [6, 6.07) is 3.81. The van der Waals surface area contributed by atoms with Gasteiger partial charge in [0.2, 0.25) is 15.9 Å². The van der Waals surface area contributed by atoms with Crippen molar-refractivity contribution in [3.05, 3.63) is 29.8 Å². The van der Waals surface area contributed by atoms with E-state index in [0.717, 1.165) is 10.4 Å². The number of carbonyl (C=O) groups is 3. The number of carboxylic acids is 1. The van der Waals surface area contributed by atoms with Gasteiger partial charge in [0.25, 0.3) is 0 Å². The minimum atomic E-state index is -4.22. The minimum Gasteiger partial charge on any atom is -0.480 e. The molecule has 1 aromatic carbocycles. The number of nitrogens with one attached hydrogen (secondary N) is 1. The van der Waals surface area contributed by atoms with Gasteiger partial charge in [-0.3, -0.25) is 9.59 Å². The SMILES string of the molecule is CCOC(=O)c1cccc(S(=O)(=O)N(CCNC(C)=O)C(C)C(=O)O)c1. The number of nitrogens with zero attached hydrogens (tertiary/aromatic N) is 1. The van der Waals surface area contributed by atoms with E-state index in [1.54, 1.807) is 6.92 Å². The molecule has 0 aromatic heterocycles. The number of sulfonamides is 1. The number of benzene rings is 1. The van der Waals surface area contributed by atoms with Crippen molar-refractivity contribution < 1.29 is 32.6 Å². The van der Waals surface area contributed by atoms with Crippen molar-refractivity contribution in [3.8, 4) is 0 Å². The number of aliphatic carboxylic acids is 1. The lowest BCUT2D eigenvalue weighted by Crippen LogP contribution is -2.46. The summed E-state index contributed by atoms with van der Waals surface area (Å²) in [5, 5.41) is 11.6. The van der Waals surface area contributed by atoms with E-state index in [1.165, 1.54) is 32.0 Å². The summed E-state index contributed by atoms with van der Waals surface area (Å²) in [5.41, 5.74) is 0.0396. The van der Waals surface area contributed by atoms with Crippen LogP contribution < -0.4 is 5.32 Å². The maximum Gasteiger partial charge on any atom is 0.338 e. The number of rotatable bonds is 9. The zero-order chi connectivity index (χ0) is 19.9. The van der Waals surface area contributed by atoms with Gasteiger partial charge in [0.05, 0.1) is 17.1 Å². The maximum absolute atomic E-state index is 12.9. The van der Waals surface area contributed by atoms with E-state index in [-0.39, 0.29) is 36.1 Å². The van der Waals surface area contributed by atoms with Crippen LogP contribution in [0.25, 0.3) is 0 Å². The fraction of sp³-hybridized carbons (Fsp3) is 0.438. The average molecular weight is 386 g/mol. The van der Waals surface area contributed by atoms with E-state index in [4.69, 9.17) is 4.74 Å². The van der Waals surface area contributed by atoms with Gasteiger partial charge in [0, 0.05) is 20.0 Å². The Hall–Kier alpha value is -2.46. The molecule has 26 heavy (non-hydrogen) atoms. The Kier molecular flexibility index (Phi) is 7.72. The molecule has 0 fully saturated rings. The van der Waals surface area contributed by atoms with Crippen LogP contribution in [0.5, 0.6) is 0 Å². The monoisotopic (exact) mass is 386 g/mol. The lowest BCUT2D eigenvalue weighted by atomic mass is 10.2. The predicted octanol–water partition coefficient (Wildman–Crippen LogP) is 0.463. The van der Waals surface area contributed by atoms with Crippen molar-refractivity contribution in [3.63, 3.8) is 0 Å². The molecule has 0 radical (unpaired) electrons. The second-order valence-corrected chi connectivity index (χ2v) is 7.25. The molecule has 144 valence electrons. The van der Waals surface area contributed by atoms with Crippen LogP contribution in [0.2, 0.25) is 0 Å². The molecular formula is C16H22N2O7S. The Morgan fingerprint density at radius 3 is 2.50 bits per heavy atom. The third kappa shape index (κ3) is 5.53. The van der Waals surface area contributed by atoms with Crippen LogP contribution in [0.3, 0.4) is 0 Å². The van der Waals surface area contributed by atoms with Crippen LogP contribution in [0, 0.1) is 0 Å². The molecule has 0 aliphatic rings. The lowest BCUT2D eigenvalue weighted by Gasteiger charge is -2.26. The lowest BCUT2D eigenvalue weighted by molar-refractivity contribution is -0.140. The standard InChI is InChI=1S/C16H22N2O7S/c1-4-25-16(22)13-6-5-7-14(10-13)26(23,24)18(11(2)15(20)21)9-8-17-12(3)19/h5-7,10-11H,4,8-9H2,1-3H3,(H,17,19)(H,20,21). The van der Waals surface area contributed by atoms with Gasteiger partial charge < -0.3 is 15.2 Å². The maximum atomic E-state index is 12.9. The molecule has 0 saturated heterocycles. The quantitative estimate of drug-likeness (QED) is 0.590. The summed E-state index contributed by atoms with van der Waals surface area (Å²) in [4.78, 5) is 33.9. The van der Waals surface area contributed by atoms with Crippen LogP contribution in [0.1, 0.15) is 31.1 Å². The molecule has 0 saturated carbocycles. The van der Waals surface area contributed by atoms with Crippen molar-refractivity contribution in [2.24, 2.45) is 0 Å². The molecule has 0 aliphatic heterocycles. The highest BCUT2D eigenvalue weighted by Gasteiger charge is 2.33. The van der Waals surface area contributed by atoms with E-state index >= 15 is 0 Å². The smallest absolute Gasteiger partial charge is 0.338 e. The van der Waals surface area contributed by atoms with E-state index in [0.29, 0.717) is 0 Å². The first kappa shape index (κ1) is 21.6. The van der Waals surface area contributed by atoms with E-state index in [9.17, 15) is 27.9 Å². The predicted molar refractivity (Wildman–Crippen MR) is 92.1 cm³/mol. The first-order valence-corrected chi connectivity index (χ1v) is 9.31. The van der Waals surface area contributed by atoms with E-state index < -0.39 is 28.0 Å². The Labute approximate surface area is 152 Å². The van der Waals surface area contributed by atoms with Crippen LogP contribution in [-0.2, 0) is 24.3 Å². The van der Waals surface area contributed by atoms with E-state index in [2.05, 4.69) is 5.32 Å². The number of ether oxygens (including phenoxy) is 1. The molecule has 0 aliphatic carbocycles. The van der Waals surface area contributed by atoms with Gasteiger partial charge in [-0.1, -0.05) is 6.07 Å². The molecule has 10 heteroatoms. The first-order valence-electron chi connectivity index (χ1n) is 7.87. The highest BCUT2D eigenvalue weighted by molar-refractivity contribution is 7.89. The first-order chi connectivity index (χ1) is 12.1. The molecule has 9 nitrogen and oxygen atoms in total. The normalized spacial score (nSPS) is 12.5. The summed E-state index contributed by atoms with van der Waals surface area (Å²) >= 11 is 0. The topological polar surface area (TPSA) is 130 Å². The van der Waals surface area contributed by atoms with Crippen LogP contribution in [0.15, 0.2) is 29.2 Å². The van der Waals surface area contributed by atoms with E-state index in [1.807, 2.05) is 0 Å².